The van der Waals surface area contributed by atoms with E-state index in [0.29, 0.717) is 0 Å². The minimum Gasteiger partial charge on any atom is -0.382 e. The van der Waals surface area contributed by atoms with Crippen molar-refractivity contribution >= 4 is 5.82 Å². The van der Waals surface area contributed by atoms with Gasteiger partial charge in [0.25, 0.3) is 0 Å². The summed E-state index contributed by atoms with van der Waals surface area (Å²) < 4.78 is 26.2. The summed E-state index contributed by atoms with van der Waals surface area (Å²) in [5.41, 5.74) is 5.66. The zero-order valence-electron chi connectivity index (χ0n) is 7.61. The van der Waals surface area contributed by atoms with Gasteiger partial charge in [-0.3, -0.25) is 4.98 Å². The quantitative estimate of drug-likeness (QED) is 0.778. The van der Waals surface area contributed by atoms with Crippen LogP contribution < -0.4 is 5.73 Å². The molecular formula is C10H7F2N3. The van der Waals surface area contributed by atoms with Crippen LogP contribution in [0.25, 0.3) is 11.3 Å². The number of benzene rings is 1. The smallest absolute Gasteiger partial charge is 0.168 e. The molecule has 0 saturated heterocycles. The first-order valence-electron chi connectivity index (χ1n) is 4.20. The van der Waals surface area contributed by atoms with E-state index in [1.165, 1.54) is 24.5 Å². The summed E-state index contributed by atoms with van der Waals surface area (Å²) in [7, 11) is 0. The lowest BCUT2D eigenvalue weighted by atomic mass is 10.1. The first kappa shape index (κ1) is 9.51. The maximum Gasteiger partial charge on any atom is 0.168 e. The molecule has 0 saturated carbocycles. The fourth-order valence-corrected chi connectivity index (χ4v) is 1.21. The Morgan fingerprint density at radius 1 is 1.13 bits per heavy atom. The summed E-state index contributed by atoms with van der Waals surface area (Å²) in [6.45, 7) is 0. The second-order valence-electron chi connectivity index (χ2n) is 2.93. The van der Waals surface area contributed by atoms with Gasteiger partial charge in [0.2, 0.25) is 0 Å². The standard InChI is InChI=1S/C10H7F2N3/c11-7-3-1-2-6(10(7)12)8-4-14-5-9(13)15-8/h1-5H,(H2,13,15). The lowest BCUT2D eigenvalue weighted by Gasteiger charge is -2.02. The van der Waals surface area contributed by atoms with E-state index in [1.54, 1.807) is 0 Å². The number of anilines is 1. The molecule has 15 heavy (non-hydrogen) atoms. The predicted molar refractivity (Wildman–Crippen MR) is 51.8 cm³/mol. The van der Waals surface area contributed by atoms with E-state index in [2.05, 4.69) is 9.97 Å². The summed E-state index contributed by atoms with van der Waals surface area (Å²) >= 11 is 0. The lowest BCUT2D eigenvalue weighted by Crippen LogP contribution is -1.96. The van der Waals surface area contributed by atoms with Crippen LogP contribution in [0.3, 0.4) is 0 Å². The molecule has 76 valence electrons. The molecule has 2 N–H and O–H groups in total. The van der Waals surface area contributed by atoms with Gasteiger partial charge in [-0.25, -0.2) is 13.8 Å². The summed E-state index contributed by atoms with van der Waals surface area (Å²) in [5, 5.41) is 0. The van der Waals surface area contributed by atoms with Crippen molar-refractivity contribution in [3.63, 3.8) is 0 Å². The van der Waals surface area contributed by atoms with Gasteiger partial charge in [-0.15, -0.1) is 0 Å². The number of hydrogen-bond acceptors (Lipinski definition) is 3. The van der Waals surface area contributed by atoms with Gasteiger partial charge in [-0.1, -0.05) is 6.07 Å². The third kappa shape index (κ3) is 1.76. The van der Waals surface area contributed by atoms with E-state index >= 15 is 0 Å². The van der Waals surface area contributed by atoms with Gasteiger partial charge in [0.1, 0.15) is 5.82 Å². The number of nitrogens with zero attached hydrogens (tertiary/aromatic N) is 2. The fraction of sp³-hybridized carbons (Fsp3) is 0. The molecule has 2 rings (SSSR count). The predicted octanol–water partition coefficient (Wildman–Crippen LogP) is 2.00. The van der Waals surface area contributed by atoms with Crippen LogP contribution in [-0.4, -0.2) is 9.97 Å². The highest BCUT2D eigenvalue weighted by molar-refractivity contribution is 5.60. The number of nitrogen functional groups attached to an aromatic ring is 1. The maximum atomic E-state index is 13.3. The number of halogens is 2. The molecule has 2 aromatic rings. The van der Waals surface area contributed by atoms with Crippen LogP contribution in [0.2, 0.25) is 0 Å². The van der Waals surface area contributed by atoms with Gasteiger partial charge in [-0.2, -0.15) is 0 Å². The third-order valence-electron chi connectivity index (χ3n) is 1.88. The van der Waals surface area contributed by atoms with Crippen LogP contribution in [0.15, 0.2) is 30.6 Å². The molecule has 3 nitrogen and oxygen atoms in total. The molecule has 1 aromatic heterocycles. The average molecular weight is 207 g/mol. The summed E-state index contributed by atoms with van der Waals surface area (Å²) in [4.78, 5) is 7.61. The Labute approximate surface area is 84.6 Å². The molecule has 0 atom stereocenters. The molecule has 0 aliphatic carbocycles. The molecule has 0 aliphatic heterocycles. The zero-order chi connectivity index (χ0) is 10.8. The maximum absolute atomic E-state index is 13.3. The van der Waals surface area contributed by atoms with Crippen molar-refractivity contribution in [1.29, 1.82) is 0 Å². The van der Waals surface area contributed by atoms with Crippen molar-refractivity contribution in [3.05, 3.63) is 42.2 Å². The van der Waals surface area contributed by atoms with Gasteiger partial charge in [-0.05, 0) is 12.1 Å². The zero-order valence-corrected chi connectivity index (χ0v) is 7.61. The van der Waals surface area contributed by atoms with Crippen molar-refractivity contribution in [2.75, 3.05) is 5.73 Å². The van der Waals surface area contributed by atoms with Gasteiger partial charge in [0, 0.05) is 5.56 Å². The largest absolute Gasteiger partial charge is 0.382 e. The summed E-state index contributed by atoms with van der Waals surface area (Å²) in [6.07, 6.45) is 2.66. The summed E-state index contributed by atoms with van der Waals surface area (Å²) in [5.74, 6) is -1.70. The Balaban J connectivity index is 2.59. The topological polar surface area (TPSA) is 51.8 Å². The highest BCUT2D eigenvalue weighted by Gasteiger charge is 2.10. The molecule has 1 heterocycles. The first-order valence-corrected chi connectivity index (χ1v) is 4.20. The molecule has 0 bridgehead atoms. The molecule has 0 amide bonds. The minimum absolute atomic E-state index is 0.0507. The van der Waals surface area contributed by atoms with Gasteiger partial charge >= 0.3 is 0 Å². The van der Waals surface area contributed by atoms with E-state index in [0.717, 1.165) is 6.07 Å². The summed E-state index contributed by atoms with van der Waals surface area (Å²) in [6, 6.07) is 3.86. The van der Waals surface area contributed by atoms with E-state index in [4.69, 9.17) is 5.73 Å². The SMILES string of the molecule is Nc1cncc(-c2cccc(F)c2F)n1. The van der Waals surface area contributed by atoms with Crippen molar-refractivity contribution in [2.24, 2.45) is 0 Å². The van der Waals surface area contributed by atoms with Crippen LogP contribution in [0.1, 0.15) is 0 Å². The van der Waals surface area contributed by atoms with E-state index < -0.39 is 11.6 Å². The van der Waals surface area contributed by atoms with E-state index in [1.807, 2.05) is 0 Å². The van der Waals surface area contributed by atoms with E-state index in [-0.39, 0.29) is 17.1 Å². The van der Waals surface area contributed by atoms with Crippen molar-refractivity contribution in [3.8, 4) is 11.3 Å². The second kappa shape index (κ2) is 3.61. The van der Waals surface area contributed by atoms with Crippen LogP contribution in [-0.2, 0) is 0 Å². The molecule has 1 aromatic carbocycles. The fourth-order valence-electron chi connectivity index (χ4n) is 1.21. The molecule has 0 spiro atoms. The monoisotopic (exact) mass is 207 g/mol. The Morgan fingerprint density at radius 3 is 2.67 bits per heavy atom. The first-order chi connectivity index (χ1) is 7.18. The Hall–Kier alpha value is -2.04. The molecular weight excluding hydrogens is 200 g/mol. The average Bonchev–Trinajstić information content (AvgIpc) is 2.22. The van der Waals surface area contributed by atoms with E-state index in [9.17, 15) is 8.78 Å². The number of aromatic nitrogens is 2. The highest BCUT2D eigenvalue weighted by atomic mass is 19.2. The van der Waals surface area contributed by atoms with Crippen LogP contribution in [0, 0.1) is 11.6 Å². The highest BCUT2D eigenvalue weighted by Crippen LogP contribution is 2.22. The molecule has 0 aliphatic rings. The molecule has 0 radical (unpaired) electrons. The van der Waals surface area contributed by atoms with Crippen molar-refractivity contribution in [1.82, 2.24) is 9.97 Å². The van der Waals surface area contributed by atoms with Gasteiger partial charge in [0.05, 0.1) is 18.1 Å². The minimum atomic E-state index is -0.947. The van der Waals surface area contributed by atoms with Crippen molar-refractivity contribution < 1.29 is 8.78 Å². The molecule has 5 heteroatoms. The second-order valence-corrected chi connectivity index (χ2v) is 2.93. The van der Waals surface area contributed by atoms with Crippen LogP contribution >= 0.6 is 0 Å². The van der Waals surface area contributed by atoms with Crippen molar-refractivity contribution in [2.45, 2.75) is 0 Å². The third-order valence-corrected chi connectivity index (χ3v) is 1.88. The van der Waals surface area contributed by atoms with Gasteiger partial charge in [0.15, 0.2) is 11.6 Å². The van der Waals surface area contributed by atoms with Crippen LogP contribution in [0.5, 0.6) is 0 Å². The van der Waals surface area contributed by atoms with Crippen LogP contribution in [0.4, 0.5) is 14.6 Å². The normalized spacial score (nSPS) is 10.3. The number of nitrogens with two attached hydrogens (primary N) is 1. The molecule has 0 unspecified atom stereocenters. The lowest BCUT2D eigenvalue weighted by molar-refractivity contribution is 0.511. The Morgan fingerprint density at radius 2 is 1.93 bits per heavy atom. The Bertz CT molecular complexity index is 500. The van der Waals surface area contributed by atoms with Gasteiger partial charge < -0.3 is 5.73 Å². The molecule has 0 fully saturated rings. The Kier molecular flexibility index (Phi) is 2.29. The number of hydrogen-bond donors (Lipinski definition) is 1. The number of rotatable bonds is 1.